The van der Waals surface area contributed by atoms with Crippen LogP contribution in [-0.2, 0) is 16.1 Å². The number of hydrogen-bond acceptors (Lipinski definition) is 4. The third-order valence-corrected chi connectivity index (χ3v) is 4.80. The molecule has 2 atom stereocenters. The highest BCUT2D eigenvalue weighted by Crippen LogP contribution is 2.39. The van der Waals surface area contributed by atoms with Crippen LogP contribution in [0, 0.1) is 0 Å². The van der Waals surface area contributed by atoms with Gasteiger partial charge in [-0.3, -0.25) is 8.86 Å². The number of aliphatic carboxylic acids is 1. The van der Waals surface area contributed by atoms with Gasteiger partial charge in [-0.25, -0.2) is 9.00 Å². The van der Waals surface area contributed by atoms with Gasteiger partial charge in [0.1, 0.15) is 10.4 Å². The van der Waals surface area contributed by atoms with Crippen LogP contribution in [0.4, 0.5) is 5.69 Å². The Kier molecular flexibility index (Phi) is 7.21. The summed E-state index contributed by atoms with van der Waals surface area (Å²) in [4.78, 5) is 11.3. The minimum absolute atomic E-state index is 0.141. The van der Waals surface area contributed by atoms with Crippen molar-refractivity contribution in [2.75, 3.05) is 10.8 Å². The van der Waals surface area contributed by atoms with Crippen LogP contribution >= 0.6 is 34.5 Å². The van der Waals surface area contributed by atoms with Gasteiger partial charge in [0, 0.05) is 0 Å². The van der Waals surface area contributed by atoms with Crippen LogP contribution in [0.2, 0.25) is 8.67 Å². The molecule has 6 nitrogen and oxygen atoms in total. The maximum absolute atomic E-state index is 11.5. The summed E-state index contributed by atoms with van der Waals surface area (Å²) in [6, 6.07) is 0.206. The van der Waals surface area contributed by atoms with Crippen molar-refractivity contribution in [3.8, 4) is 0 Å². The number of carbonyl (C=O) groups is 1. The molecular formula is C10H14Cl2N2O4S2. The number of unbranched alkanes of at least 4 members (excludes halogenated alkanes) is 1. The van der Waals surface area contributed by atoms with Gasteiger partial charge in [0.25, 0.3) is 11.3 Å². The van der Waals surface area contributed by atoms with Crippen LogP contribution in [-0.4, -0.2) is 32.4 Å². The minimum Gasteiger partial charge on any atom is -0.480 e. The molecule has 1 heterocycles. The highest BCUT2D eigenvalue weighted by Gasteiger charge is 2.32. The zero-order valence-electron chi connectivity index (χ0n) is 10.3. The zero-order chi connectivity index (χ0) is 15.3. The zero-order valence-corrected chi connectivity index (χ0v) is 13.4. The first-order valence-corrected chi connectivity index (χ1v) is 8.30. The normalized spacial score (nSPS) is 14.0. The van der Waals surface area contributed by atoms with Crippen molar-refractivity contribution in [3.63, 3.8) is 0 Å². The van der Waals surface area contributed by atoms with Crippen molar-refractivity contribution in [1.29, 1.82) is 0 Å². The van der Waals surface area contributed by atoms with E-state index in [0.29, 0.717) is 23.7 Å². The molecule has 1 rings (SSSR count). The van der Waals surface area contributed by atoms with Gasteiger partial charge < -0.3 is 10.8 Å². The predicted octanol–water partition coefficient (Wildman–Crippen LogP) is 2.58. The molecule has 2 unspecified atom stereocenters. The molecule has 20 heavy (non-hydrogen) atoms. The first kappa shape index (κ1) is 17.7. The Hall–Kier alpha value is -0.380. The van der Waals surface area contributed by atoms with E-state index in [1.165, 1.54) is 6.07 Å². The lowest BCUT2D eigenvalue weighted by molar-refractivity contribution is -0.138. The molecule has 0 aliphatic carbocycles. The number of hydrogen-bond donors (Lipinski definition) is 3. The van der Waals surface area contributed by atoms with E-state index in [9.17, 15) is 18.7 Å². The highest BCUT2D eigenvalue weighted by molar-refractivity contribution is 7.80. The lowest BCUT2D eigenvalue weighted by atomic mass is 10.1. The average molecular weight is 361 g/mol. The summed E-state index contributed by atoms with van der Waals surface area (Å²) < 4.78 is 22.2. The molecule has 0 bridgehead atoms. The van der Waals surface area contributed by atoms with Crippen LogP contribution in [0.25, 0.3) is 0 Å². The summed E-state index contributed by atoms with van der Waals surface area (Å²) in [5.41, 5.74) is 5.50. The molecule has 0 spiro atoms. The highest BCUT2D eigenvalue weighted by atomic mass is 35.5. The van der Waals surface area contributed by atoms with Crippen molar-refractivity contribution in [2.45, 2.75) is 25.3 Å². The number of anilines is 1. The van der Waals surface area contributed by atoms with Gasteiger partial charge in [0.05, 0.1) is 10.0 Å². The van der Waals surface area contributed by atoms with Gasteiger partial charge in [0.15, 0.2) is 0 Å². The van der Waals surface area contributed by atoms with Crippen LogP contribution < -0.4 is 10.0 Å². The standard InChI is InChI=1S/C10H14Cl2N2O4S2/c11-8-5-7(9(12)19-8)14(20(17)18)6(10(15)16)3-1-2-4-13/h5-6H,1-4,13H2,(H,15,16)(H,17,18). The maximum atomic E-state index is 11.5. The summed E-state index contributed by atoms with van der Waals surface area (Å²) >= 11 is 10.2. The van der Waals surface area contributed by atoms with Crippen molar-refractivity contribution >= 4 is 57.5 Å². The van der Waals surface area contributed by atoms with Gasteiger partial charge in [-0.05, 0) is 31.9 Å². The van der Waals surface area contributed by atoms with Crippen molar-refractivity contribution < 1.29 is 18.7 Å². The predicted molar refractivity (Wildman–Crippen MR) is 81.9 cm³/mol. The van der Waals surface area contributed by atoms with Crippen molar-refractivity contribution in [2.24, 2.45) is 5.73 Å². The van der Waals surface area contributed by atoms with E-state index in [4.69, 9.17) is 28.9 Å². The van der Waals surface area contributed by atoms with Gasteiger partial charge in [-0.2, -0.15) is 0 Å². The van der Waals surface area contributed by atoms with Crippen LogP contribution in [0.5, 0.6) is 0 Å². The van der Waals surface area contributed by atoms with Crippen LogP contribution in [0.1, 0.15) is 19.3 Å². The second-order valence-electron chi connectivity index (χ2n) is 3.90. The fourth-order valence-corrected chi connectivity index (χ4v) is 3.95. The molecule has 0 aliphatic heterocycles. The van der Waals surface area contributed by atoms with Crippen LogP contribution in [0.15, 0.2) is 6.07 Å². The first-order chi connectivity index (χ1) is 9.38. The van der Waals surface area contributed by atoms with E-state index >= 15 is 0 Å². The van der Waals surface area contributed by atoms with Gasteiger partial charge in [-0.15, -0.1) is 11.3 Å². The molecule has 0 aromatic carbocycles. The number of carboxylic acid groups (broad SMARTS) is 1. The Balaban J connectivity index is 3.05. The number of rotatable bonds is 8. The Morgan fingerprint density at radius 2 is 2.15 bits per heavy atom. The van der Waals surface area contributed by atoms with E-state index in [0.717, 1.165) is 15.6 Å². The van der Waals surface area contributed by atoms with E-state index in [2.05, 4.69) is 0 Å². The molecule has 0 radical (unpaired) electrons. The second-order valence-corrected chi connectivity index (χ2v) is 7.04. The SMILES string of the molecule is NCCCCC(C(=O)O)N(c1cc(Cl)sc1Cl)S(=O)O. The number of halogens is 2. The first-order valence-electron chi connectivity index (χ1n) is 5.66. The minimum atomic E-state index is -2.52. The second kappa shape index (κ2) is 8.16. The molecule has 10 heteroatoms. The average Bonchev–Trinajstić information content (AvgIpc) is 2.66. The van der Waals surface area contributed by atoms with E-state index < -0.39 is 23.3 Å². The summed E-state index contributed by atoms with van der Waals surface area (Å²) in [6.07, 6.45) is 1.34. The monoisotopic (exact) mass is 360 g/mol. The summed E-state index contributed by atoms with van der Waals surface area (Å²) in [5.74, 6) is -1.21. The largest absolute Gasteiger partial charge is 0.480 e. The summed E-state index contributed by atoms with van der Waals surface area (Å²) in [7, 11) is 0. The molecule has 114 valence electrons. The lowest BCUT2D eigenvalue weighted by Crippen LogP contribution is -2.42. The van der Waals surface area contributed by atoms with E-state index in [1.807, 2.05) is 0 Å². The van der Waals surface area contributed by atoms with Crippen molar-refractivity contribution in [1.82, 2.24) is 0 Å². The van der Waals surface area contributed by atoms with Gasteiger partial charge in [-0.1, -0.05) is 23.2 Å². The smallest absolute Gasteiger partial charge is 0.327 e. The Bertz CT molecular complexity index is 498. The summed E-state index contributed by atoms with van der Waals surface area (Å²) in [6.45, 7) is 0.430. The maximum Gasteiger partial charge on any atom is 0.327 e. The molecular weight excluding hydrogens is 347 g/mol. The fraction of sp³-hybridized carbons (Fsp3) is 0.500. The molecule has 0 amide bonds. The molecule has 1 aromatic rings. The quantitative estimate of drug-likeness (QED) is 0.488. The Morgan fingerprint density at radius 3 is 2.55 bits per heavy atom. The van der Waals surface area contributed by atoms with Crippen molar-refractivity contribution in [3.05, 3.63) is 14.7 Å². The number of thiophene rings is 1. The number of nitrogens with zero attached hydrogens (tertiary/aromatic N) is 1. The molecule has 0 fully saturated rings. The topological polar surface area (TPSA) is 104 Å². The Morgan fingerprint density at radius 1 is 1.50 bits per heavy atom. The van der Waals surface area contributed by atoms with Crippen LogP contribution in [0.3, 0.4) is 0 Å². The van der Waals surface area contributed by atoms with Gasteiger partial charge in [0.2, 0.25) is 0 Å². The molecule has 0 saturated carbocycles. The third kappa shape index (κ3) is 4.57. The molecule has 4 N–H and O–H groups in total. The lowest BCUT2D eigenvalue weighted by Gasteiger charge is -2.26. The van der Waals surface area contributed by atoms with E-state index in [-0.39, 0.29) is 16.4 Å². The fourth-order valence-electron chi connectivity index (χ4n) is 1.67. The number of nitrogens with two attached hydrogens (primary N) is 1. The molecule has 1 aromatic heterocycles. The molecule has 0 saturated heterocycles. The third-order valence-electron chi connectivity index (χ3n) is 2.54. The van der Waals surface area contributed by atoms with Gasteiger partial charge >= 0.3 is 5.97 Å². The van der Waals surface area contributed by atoms with E-state index in [1.54, 1.807) is 0 Å². The molecule has 0 aliphatic rings. The summed E-state index contributed by atoms with van der Waals surface area (Å²) in [5, 5.41) is 9.26. The number of carboxylic acids is 1. The Labute approximate surface area is 132 Å².